The van der Waals surface area contributed by atoms with Crippen LogP contribution in [0.25, 0.3) is 0 Å². The maximum atomic E-state index is 12.3. The Morgan fingerprint density at radius 1 is 1.64 bits per heavy atom. The summed E-state index contributed by atoms with van der Waals surface area (Å²) < 4.78 is 38.1. The first kappa shape index (κ1) is 11.3. The van der Waals surface area contributed by atoms with Crippen LogP contribution in [0.5, 0.6) is 0 Å². The van der Waals surface area contributed by atoms with Crippen molar-refractivity contribution in [3.05, 3.63) is 6.33 Å². The van der Waals surface area contributed by atoms with E-state index in [1.807, 2.05) is 0 Å². The Hall–Kier alpha value is -0.760. The fourth-order valence-corrected chi connectivity index (χ4v) is 1.56. The van der Waals surface area contributed by atoms with Crippen LogP contribution in [0.2, 0.25) is 0 Å². The molecule has 0 fully saturated rings. The zero-order valence-electron chi connectivity index (χ0n) is 7.32. The van der Waals surface area contributed by atoms with E-state index in [9.17, 15) is 13.2 Å². The summed E-state index contributed by atoms with van der Waals surface area (Å²) in [5, 5.41) is 2.23. The average molecular weight is 226 g/mol. The van der Waals surface area contributed by atoms with Crippen molar-refractivity contribution in [2.24, 2.45) is 12.8 Å². The van der Waals surface area contributed by atoms with Crippen LogP contribution in [0.1, 0.15) is 0 Å². The van der Waals surface area contributed by atoms with Crippen LogP contribution < -0.4 is 5.73 Å². The lowest BCUT2D eigenvalue weighted by Gasteiger charge is -2.16. The van der Waals surface area contributed by atoms with Gasteiger partial charge in [-0.2, -0.15) is 18.3 Å². The lowest BCUT2D eigenvalue weighted by atomic mass is 10.4. The van der Waals surface area contributed by atoms with Gasteiger partial charge < -0.3 is 5.73 Å². The van der Waals surface area contributed by atoms with Gasteiger partial charge >= 0.3 is 6.18 Å². The fourth-order valence-electron chi connectivity index (χ4n) is 0.768. The predicted molar refractivity (Wildman–Crippen MR) is 45.8 cm³/mol. The number of halogens is 3. The standard InChI is InChI=1S/C6H9F3N4S/c1-13-5(11-3-12-13)14-4(2-10)6(7,8)9/h3-4H,2,10H2,1H3. The Kier molecular flexibility index (Phi) is 3.38. The highest BCUT2D eigenvalue weighted by Gasteiger charge is 2.40. The highest BCUT2D eigenvalue weighted by atomic mass is 32.2. The van der Waals surface area contributed by atoms with Gasteiger partial charge in [0.2, 0.25) is 0 Å². The minimum atomic E-state index is -4.31. The van der Waals surface area contributed by atoms with E-state index in [0.717, 1.165) is 0 Å². The SMILES string of the molecule is Cn1ncnc1SC(CN)C(F)(F)F. The first-order chi connectivity index (χ1) is 6.45. The van der Waals surface area contributed by atoms with Crippen LogP contribution >= 0.6 is 11.8 Å². The zero-order chi connectivity index (χ0) is 10.8. The molecule has 1 atom stereocenters. The van der Waals surface area contributed by atoms with E-state index in [1.165, 1.54) is 18.1 Å². The molecule has 1 rings (SSSR count). The molecule has 2 N–H and O–H groups in total. The van der Waals surface area contributed by atoms with Gasteiger partial charge in [-0.05, 0) is 0 Å². The molecule has 1 heterocycles. The van der Waals surface area contributed by atoms with Crippen LogP contribution in [0.4, 0.5) is 13.2 Å². The fraction of sp³-hybridized carbons (Fsp3) is 0.667. The van der Waals surface area contributed by atoms with Gasteiger partial charge in [0.1, 0.15) is 11.6 Å². The number of thioether (sulfide) groups is 1. The van der Waals surface area contributed by atoms with Crippen molar-refractivity contribution in [1.29, 1.82) is 0 Å². The van der Waals surface area contributed by atoms with E-state index in [4.69, 9.17) is 5.73 Å². The first-order valence-corrected chi connectivity index (χ1v) is 4.60. The van der Waals surface area contributed by atoms with E-state index in [1.54, 1.807) is 0 Å². The molecule has 0 saturated heterocycles. The molecule has 0 aliphatic carbocycles. The molecule has 0 bridgehead atoms. The molecule has 1 aromatic heterocycles. The predicted octanol–water partition coefficient (Wildman–Crippen LogP) is 0.797. The van der Waals surface area contributed by atoms with Crippen LogP contribution in [0, 0.1) is 0 Å². The second kappa shape index (κ2) is 4.18. The number of nitrogens with zero attached hydrogens (tertiary/aromatic N) is 3. The van der Waals surface area contributed by atoms with Crippen molar-refractivity contribution in [2.75, 3.05) is 6.54 Å². The molecule has 0 amide bonds. The van der Waals surface area contributed by atoms with E-state index in [-0.39, 0.29) is 5.16 Å². The van der Waals surface area contributed by atoms with Crippen molar-refractivity contribution < 1.29 is 13.2 Å². The molecule has 0 saturated carbocycles. The second-order valence-electron chi connectivity index (χ2n) is 2.55. The minimum Gasteiger partial charge on any atom is -0.329 e. The average Bonchev–Trinajstić information content (AvgIpc) is 2.45. The minimum absolute atomic E-state index is 0.206. The van der Waals surface area contributed by atoms with Crippen LogP contribution in [0.3, 0.4) is 0 Å². The third-order valence-electron chi connectivity index (χ3n) is 1.50. The van der Waals surface area contributed by atoms with E-state index >= 15 is 0 Å². The normalized spacial score (nSPS) is 14.4. The summed E-state index contributed by atoms with van der Waals surface area (Å²) in [4.78, 5) is 3.68. The number of nitrogens with two attached hydrogens (primary N) is 1. The van der Waals surface area contributed by atoms with Crippen molar-refractivity contribution in [3.63, 3.8) is 0 Å². The molecule has 0 aliphatic rings. The molecular formula is C6H9F3N4S. The number of aryl methyl sites for hydroxylation is 1. The zero-order valence-corrected chi connectivity index (χ0v) is 8.14. The quantitative estimate of drug-likeness (QED) is 0.774. The highest BCUT2D eigenvalue weighted by molar-refractivity contribution is 7.99. The molecule has 1 aromatic rings. The van der Waals surface area contributed by atoms with E-state index in [2.05, 4.69) is 10.1 Å². The number of rotatable bonds is 3. The smallest absolute Gasteiger partial charge is 0.329 e. The van der Waals surface area contributed by atoms with E-state index < -0.39 is 18.0 Å². The van der Waals surface area contributed by atoms with Gasteiger partial charge in [0, 0.05) is 13.6 Å². The highest BCUT2D eigenvalue weighted by Crippen LogP contribution is 2.33. The van der Waals surface area contributed by atoms with Gasteiger partial charge in [-0.3, -0.25) is 0 Å². The Morgan fingerprint density at radius 2 is 2.29 bits per heavy atom. The largest absolute Gasteiger partial charge is 0.402 e. The van der Waals surface area contributed by atoms with Crippen molar-refractivity contribution >= 4 is 11.8 Å². The van der Waals surface area contributed by atoms with Crippen molar-refractivity contribution in [3.8, 4) is 0 Å². The van der Waals surface area contributed by atoms with Gasteiger partial charge in [0.15, 0.2) is 5.16 Å². The lowest BCUT2D eigenvalue weighted by molar-refractivity contribution is -0.126. The third-order valence-corrected chi connectivity index (χ3v) is 2.82. The van der Waals surface area contributed by atoms with Gasteiger partial charge in [-0.15, -0.1) is 0 Å². The molecule has 4 nitrogen and oxygen atoms in total. The van der Waals surface area contributed by atoms with Crippen molar-refractivity contribution in [1.82, 2.24) is 14.8 Å². The molecule has 1 unspecified atom stereocenters. The third kappa shape index (κ3) is 2.61. The topological polar surface area (TPSA) is 56.7 Å². The molecule has 14 heavy (non-hydrogen) atoms. The Morgan fingerprint density at radius 3 is 2.64 bits per heavy atom. The van der Waals surface area contributed by atoms with E-state index in [0.29, 0.717) is 11.8 Å². The van der Waals surface area contributed by atoms with Crippen LogP contribution in [-0.4, -0.2) is 32.7 Å². The molecule has 0 spiro atoms. The van der Waals surface area contributed by atoms with Crippen LogP contribution in [-0.2, 0) is 7.05 Å². The summed E-state index contributed by atoms with van der Waals surface area (Å²) in [7, 11) is 1.53. The summed E-state index contributed by atoms with van der Waals surface area (Å²) in [6.07, 6.45) is -3.11. The summed E-state index contributed by atoms with van der Waals surface area (Å²) in [5.74, 6) is 0. The lowest BCUT2D eigenvalue weighted by Crippen LogP contribution is -2.33. The van der Waals surface area contributed by atoms with Crippen LogP contribution in [0.15, 0.2) is 11.5 Å². The second-order valence-corrected chi connectivity index (χ2v) is 3.72. The Labute approximate surface area is 82.7 Å². The Balaban J connectivity index is 2.71. The maximum Gasteiger partial charge on any atom is 0.402 e. The molecule has 0 radical (unpaired) electrons. The van der Waals surface area contributed by atoms with Gasteiger partial charge in [0.05, 0.1) is 0 Å². The summed E-state index contributed by atoms with van der Waals surface area (Å²) in [6, 6.07) is 0. The first-order valence-electron chi connectivity index (χ1n) is 3.72. The maximum absolute atomic E-state index is 12.3. The van der Waals surface area contributed by atoms with Gasteiger partial charge in [-0.25, -0.2) is 9.67 Å². The monoisotopic (exact) mass is 226 g/mol. The Bertz CT molecular complexity index is 298. The van der Waals surface area contributed by atoms with Gasteiger partial charge in [0.25, 0.3) is 0 Å². The summed E-state index contributed by atoms with van der Waals surface area (Å²) in [6.45, 7) is -0.471. The molecule has 0 aromatic carbocycles. The summed E-state index contributed by atoms with van der Waals surface area (Å²) >= 11 is 0.568. The molecular weight excluding hydrogens is 217 g/mol. The molecule has 80 valence electrons. The number of alkyl halides is 3. The number of hydrogen-bond donors (Lipinski definition) is 1. The van der Waals surface area contributed by atoms with Gasteiger partial charge in [-0.1, -0.05) is 11.8 Å². The molecule has 0 aliphatic heterocycles. The summed E-state index contributed by atoms with van der Waals surface area (Å²) in [5.41, 5.74) is 5.03. The number of hydrogen-bond acceptors (Lipinski definition) is 4. The number of aromatic nitrogens is 3. The van der Waals surface area contributed by atoms with Crippen molar-refractivity contribution in [2.45, 2.75) is 16.6 Å². The molecule has 8 heteroatoms.